The molecule has 2 fully saturated rings. The van der Waals surface area contributed by atoms with Crippen molar-refractivity contribution in [1.29, 1.82) is 0 Å². The van der Waals surface area contributed by atoms with E-state index in [9.17, 15) is 19.2 Å². The van der Waals surface area contributed by atoms with Crippen LogP contribution in [0.4, 0.5) is 11.4 Å². The van der Waals surface area contributed by atoms with Crippen LogP contribution in [0.15, 0.2) is 54.1 Å². The van der Waals surface area contributed by atoms with Crippen LogP contribution in [0.1, 0.15) is 31.7 Å². The molecule has 0 bridgehead atoms. The van der Waals surface area contributed by atoms with Gasteiger partial charge >= 0.3 is 5.97 Å². The van der Waals surface area contributed by atoms with Crippen LogP contribution in [0.5, 0.6) is 11.5 Å². The minimum atomic E-state index is -0.597. The Morgan fingerprint density at radius 2 is 1.61 bits per heavy atom. The van der Waals surface area contributed by atoms with Crippen molar-refractivity contribution in [2.75, 3.05) is 23.5 Å². The molecule has 8 nitrogen and oxygen atoms in total. The van der Waals surface area contributed by atoms with E-state index in [0.717, 1.165) is 5.57 Å². The summed E-state index contributed by atoms with van der Waals surface area (Å²) < 4.78 is 10.7. The molecule has 36 heavy (non-hydrogen) atoms. The standard InChI is InChI=1S/C28H28N2O6/c1-16-4-10-22-23(12-16)27(33)30(26(22)32)24-11-9-21(13-17(24)2)36-28(34)18-14-25(31)29(15-18)19-5-7-20(35-3)8-6-19/h4-9,11,13,18,22-23H,10,12,14-15H2,1-3H3/t18-,22-,23+/m1/s1. The average molecular weight is 489 g/mol. The molecular formula is C28H28N2O6. The molecule has 0 N–H and O–H groups in total. The molecule has 1 aliphatic carbocycles. The summed E-state index contributed by atoms with van der Waals surface area (Å²) >= 11 is 0. The summed E-state index contributed by atoms with van der Waals surface area (Å²) in [6.07, 6.45) is 3.29. The lowest BCUT2D eigenvalue weighted by molar-refractivity contribution is -0.139. The molecular weight excluding hydrogens is 460 g/mol. The maximum atomic E-state index is 13.0. The van der Waals surface area contributed by atoms with Crippen LogP contribution in [0.25, 0.3) is 0 Å². The zero-order valence-corrected chi connectivity index (χ0v) is 20.5. The highest BCUT2D eigenvalue weighted by Crippen LogP contribution is 2.41. The van der Waals surface area contributed by atoms with Gasteiger partial charge in [-0.05, 0) is 74.7 Å². The summed E-state index contributed by atoms with van der Waals surface area (Å²) in [7, 11) is 1.57. The molecule has 3 atom stereocenters. The van der Waals surface area contributed by atoms with Crippen molar-refractivity contribution >= 4 is 35.1 Å². The number of nitrogens with zero attached hydrogens (tertiary/aromatic N) is 2. The third-order valence-corrected chi connectivity index (χ3v) is 7.29. The van der Waals surface area contributed by atoms with Gasteiger partial charge in [-0.1, -0.05) is 11.6 Å². The number of ether oxygens (including phenoxy) is 2. The van der Waals surface area contributed by atoms with Gasteiger partial charge in [0.25, 0.3) is 0 Å². The first kappa shape index (κ1) is 23.8. The topological polar surface area (TPSA) is 93.2 Å². The lowest BCUT2D eigenvalue weighted by Crippen LogP contribution is -2.31. The molecule has 0 aromatic heterocycles. The van der Waals surface area contributed by atoms with E-state index in [-0.39, 0.29) is 42.5 Å². The number of allylic oxidation sites excluding steroid dienone is 2. The molecule has 0 spiro atoms. The number of imide groups is 1. The monoisotopic (exact) mass is 488 g/mol. The van der Waals surface area contributed by atoms with Crippen LogP contribution >= 0.6 is 0 Å². The van der Waals surface area contributed by atoms with Crippen molar-refractivity contribution in [2.24, 2.45) is 17.8 Å². The smallest absolute Gasteiger partial charge is 0.316 e. The Morgan fingerprint density at radius 3 is 2.31 bits per heavy atom. The number of amides is 3. The van der Waals surface area contributed by atoms with E-state index in [2.05, 4.69) is 0 Å². The van der Waals surface area contributed by atoms with Gasteiger partial charge in [-0.15, -0.1) is 0 Å². The van der Waals surface area contributed by atoms with Gasteiger partial charge < -0.3 is 14.4 Å². The molecule has 0 radical (unpaired) electrons. The van der Waals surface area contributed by atoms with Gasteiger partial charge in [-0.2, -0.15) is 0 Å². The Labute approximate surface area is 209 Å². The first-order chi connectivity index (χ1) is 17.3. The molecule has 8 heteroatoms. The Balaban J connectivity index is 1.27. The van der Waals surface area contributed by atoms with E-state index < -0.39 is 11.9 Å². The summed E-state index contributed by atoms with van der Waals surface area (Å²) in [4.78, 5) is 54.3. The summed E-state index contributed by atoms with van der Waals surface area (Å²) in [5, 5.41) is 0. The normalized spacial score (nSPS) is 23.6. The number of hydrogen-bond donors (Lipinski definition) is 0. The Hall–Kier alpha value is -3.94. The largest absolute Gasteiger partial charge is 0.497 e. The first-order valence-corrected chi connectivity index (χ1v) is 12.1. The van der Waals surface area contributed by atoms with Crippen molar-refractivity contribution < 1.29 is 28.7 Å². The number of aryl methyl sites for hydroxylation is 1. The van der Waals surface area contributed by atoms with Crippen LogP contribution in [0.2, 0.25) is 0 Å². The van der Waals surface area contributed by atoms with Crippen molar-refractivity contribution in [3.8, 4) is 11.5 Å². The van der Waals surface area contributed by atoms with Crippen LogP contribution in [-0.2, 0) is 19.2 Å². The van der Waals surface area contributed by atoms with E-state index in [0.29, 0.717) is 41.3 Å². The Morgan fingerprint density at radius 1 is 0.917 bits per heavy atom. The van der Waals surface area contributed by atoms with E-state index in [1.807, 2.05) is 13.0 Å². The van der Waals surface area contributed by atoms with Gasteiger partial charge in [0.1, 0.15) is 11.5 Å². The molecule has 3 aliphatic rings. The maximum absolute atomic E-state index is 13.0. The number of fused-ring (bicyclic) bond motifs is 1. The van der Waals surface area contributed by atoms with Crippen molar-refractivity contribution in [1.82, 2.24) is 0 Å². The van der Waals surface area contributed by atoms with Gasteiger partial charge in [0.15, 0.2) is 0 Å². The van der Waals surface area contributed by atoms with Gasteiger partial charge in [0.05, 0.1) is 30.6 Å². The molecule has 2 aliphatic heterocycles. The zero-order valence-electron chi connectivity index (χ0n) is 20.5. The summed E-state index contributed by atoms with van der Waals surface area (Å²) in [5.41, 5.74) is 3.00. The van der Waals surface area contributed by atoms with Crippen LogP contribution < -0.4 is 19.3 Å². The number of rotatable bonds is 5. The highest BCUT2D eigenvalue weighted by Gasteiger charge is 2.49. The molecule has 5 rings (SSSR count). The first-order valence-electron chi connectivity index (χ1n) is 12.1. The summed E-state index contributed by atoms with van der Waals surface area (Å²) in [5.74, 6) is -1.22. The fraction of sp³-hybridized carbons (Fsp3) is 0.357. The van der Waals surface area contributed by atoms with E-state index in [1.165, 1.54) is 4.90 Å². The highest BCUT2D eigenvalue weighted by molar-refractivity contribution is 6.22. The second kappa shape index (κ2) is 9.26. The van der Waals surface area contributed by atoms with Crippen LogP contribution in [0, 0.1) is 24.7 Å². The predicted octanol–water partition coefficient (Wildman–Crippen LogP) is 3.81. The van der Waals surface area contributed by atoms with Crippen molar-refractivity contribution in [2.45, 2.75) is 33.1 Å². The number of benzene rings is 2. The molecule has 0 saturated carbocycles. The predicted molar refractivity (Wildman–Crippen MR) is 133 cm³/mol. The molecule has 2 aromatic carbocycles. The summed E-state index contributed by atoms with van der Waals surface area (Å²) in [6.45, 7) is 4.00. The van der Waals surface area contributed by atoms with Crippen LogP contribution in [-0.4, -0.2) is 37.3 Å². The lowest BCUT2D eigenvalue weighted by Gasteiger charge is -2.19. The second-order valence-electron chi connectivity index (χ2n) is 9.69. The third kappa shape index (κ3) is 4.17. The SMILES string of the molecule is COc1ccc(N2C[C@H](C(=O)Oc3ccc(N4C(=O)[C@H]5CC(C)=CC[C@H]5C4=O)c(C)c3)CC2=O)cc1. The van der Waals surface area contributed by atoms with E-state index in [4.69, 9.17) is 9.47 Å². The molecule has 2 saturated heterocycles. The number of esters is 1. The van der Waals surface area contributed by atoms with Gasteiger partial charge in [0.2, 0.25) is 17.7 Å². The number of hydrogen-bond acceptors (Lipinski definition) is 6. The fourth-order valence-electron chi connectivity index (χ4n) is 5.29. The van der Waals surface area contributed by atoms with Gasteiger partial charge in [-0.3, -0.25) is 19.2 Å². The van der Waals surface area contributed by atoms with E-state index in [1.54, 1.807) is 61.4 Å². The third-order valence-electron chi connectivity index (χ3n) is 7.29. The Bertz CT molecular complexity index is 1280. The number of carbonyl (C=O) groups is 4. The minimum Gasteiger partial charge on any atom is -0.497 e. The lowest BCUT2D eigenvalue weighted by atomic mass is 9.82. The van der Waals surface area contributed by atoms with Gasteiger partial charge in [0, 0.05) is 18.7 Å². The molecule has 186 valence electrons. The second-order valence-corrected chi connectivity index (χ2v) is 9.69. The maximum Gasteiger partial charge on any atom is 0.316 e. The highest BCUT2D eigenvalue weighted by atomic mass is 16.5. The number of carbonyl (C=O) groups excluding carboxylic acids is 4. The number of anilines is 2. The van der Waals surface area contributed by atoms with Crippen molar-refractivity contribution in [3.05, 3.63) is 59.7 Å². The van der Waals surface area contributed by atoms with Crippen LogP contribution in [0.3, 0.4) is 0 Å². The zero-order chi connectivity index (χ0) is 25.6. The summed E-state index contributed by atoms with van der Waals surface area (Å²) in [6, 6.07) is 12.0. The molecule has 3 amide bonds. The minimum absolute atomic E-state index is 0.0644. The fourth-order valence-corrected chi connectivity index (χ4v) is 5.29. The Kier molecular flexibility index (Phi) is 6.12. The van der Waals surface area contributed by atoms with Gasteiger partial charge in [-0.25, -0.2) is 4.90 Å². The molecule has 2 heterocycles. The average Bonchev–Trinajstić information content (AvgIpc) is 3.37. The molecule has 0 unspecified atom stereocenters. The molecule has 2 aromatic rings. The quantitative estimate of drug-likeness (QED) is 0.275. The number of methoxy groups -OCH3 is 1. The van der Waals surface area contributed by atoms with E-state index >= 15 is 0 Å². The van der Waals surface area contributed by atoms with Crippen molar-refractivity contribution in [3.63, 3.8) is 0 Å².